The molecule has 15 heavy (non-hydrogen) atoms. The number of hydrogen-bond acceptors (Lipinski definition) is 3. The van der Waals surface area contributed by atoms with Gasteiger partial charge in [-0.1, -0.05) is 24.8 Å². The average molecular weight is 206 g/mol. The molecular weight excluding hydrogens is 196 g/mol. The lowest BCUT2D eigenvalue weighted by atomic mass is 10.0. The molecule has 0 saturated carbocycles. The van der Waals surface area contributed by atoms with Crippen molar-refractivity contribution in [2.45, 2.75) is 0 Å². The van der Waals surface area contributed by atoms with Crippen molar-refractivity contribution in [3.8, 4) is 0 Å². The fourth-order valence-corrected chi connectivity index (χ4v) is 1.25. The molecule has 0 spiro atoms. The van der Waals surface area contributed by atoms with Crippen LogP contribution in [0.5, 0.6) is 0 Å². The zero-order valence-corrected chi connectivity index (χ0v) is 8.19. The first-order valence-corrected chi connectivity index (χ1v) is 4.19. The van der Waals surface area contributed by atoms with Crippen LogP contribution in [0.4, 0.5) is 0 Å². The molecule has 0 aliphatic heterocycles. The lowest BCUT2D eigenvalue weighted by molar-refractivity contribution is 0.0582. The SMILES string of the molecule is C=Cc1cccc(C(=O)O)c1C(=O)OC. The second kappa shape index (κ2) is 4.41. The molecule has 0 fully saturated rings. The summed E-state index contributed by atoms with van der Waals surface area (Å²) in [5.41, 5.74) is 0.392. The van der Waals surface area contributed by atoms with Crippen LogP contribution in [0.2, 0.25) is 0 Å². The Morgan fingerprint density at radius 1 is 1.47 bits per heavy atom. The predicted molar refractivity (Wildman–Crippen MR) is 54.8 cm³/mol. The monoisotopic (exact) mass is 206 g/mol. The number of aromatic carboxylic acids is 1. The van der Waals surface area contributed by atoms with Crippen molar-refractivity contribution in [3.05, 3.63) is 41.5 Å². The van der Waals surface area contributed by atoms with E-state index < -0.39 is 11.9 Å². The third kappa shape index (κ3) is 2.04. The Labute approximate surface area is 86.8 Å². The van der Waals surface area contributed by atoms with Gasteiger partial charge < -0.3 is 9.84 Å². The standard InChI is InChI=1S/C11H10O4/c1-3-7-5-4-6-8(10(12)13)9(7)11(14)15-2/h3-6H,1H2,2H3,(H,12,13). The molecule has 0 aliphatic carbocycles. The summed E-state index contributed by atoms with van der Waals surface area (Å²) in [6.07, 6.45) is 1.42. The topological polar surface area (TPSA) is 63.6 Å². The Morgan fingerprint density at radius 2 is 2.13 bits per heavy atom. The number of methoxy groups -OCH3 is 1. The first-order valence-electron chi connectivity index (χ1n) is 4.19. The molecule has 0 amide bonds. The summed E-state index contributed by atoms with van der Waals surface area (Å²) in [5, 5.41) is 8.89. The highest BCUT2D eigenvalue weighted by Crippen LogP contribution is 2.17. The van der Waals surface area contributed by atoms with Gasteiger partial charge in [-0.15, -0.1) is 0 Å². The van der Waals surface area contributed by atoms with Crippen LogP contribution in [-0.4, -0.2) is 24.2 Å². The van der Waals surface area contributed by atoms with Gasteiger partial charge in [-0.2, -0.15) is 0 Å². The predicted octanol–water partition coefficient (Wildman–Crippen LogP) is 1.81. The van der Waals surface area contributed by atoms with E-state index in [-0.39, 0.29) is 11.1 Å². The molecule has 1 N–H and O–H groups in total. The van der Waals surface area contributed by atoms with Crippen LogP contribution in [0.25, 0.3) is 6.08 Å². The van der Waals surface area contributed by atoms with Gasteiger partial charge in [-0.3, -0.25) is 0 Å². The Hall–Kier alpha value is -2.10. The lowest BCUT2D eigenvalue weighted by Gasteiger charge is -2.07. The van der Waals surface area contributed by atoms with Crippen molar-refractivity contribution in [2.24, 2.45) is 0 Å². The number of carboxylic acids is 1. The minimum absolute atomic E-state index is 0.0301. The highest BCUT2D eigenvalue weighted by atomic mass is 16.5. The molecule has 78 valence electrons. The Kier molecular flexibility index (Phi) is 3.23. The molecule has 0 radical (unpaired) electrons. The number of rotatable bonds is 3. The Morgan fingerprint density at radius 3 is 2.60 bits per heavy atom. The van der Waals surface area contributed by atoms with Gasteiger partial charge in [0.1, 0.15) is 0 Å². The molecule has 4 heteroatoms. The van der Waals surface area contributed by atoms with E-state index in [1.165, 1.54) is 19.3 Å². The van der Waals surface area contributed by atoms with Crippen molar-refractivity contribution in [1.82, 2.24) is 0 Å². The maximum atomic E-state index is 11.4. The maximum Gasteiger partial charge on any atom is 0.339 e. The fraction of sp³-hybridized carbons (Fsp3) is 0.0909. The molecule has 4 nitrogen and oxygen atoms in total. The third-order valence-corrected chi connectivity index (χ3v) is 1.94. The number of carboxylic acid groups (broad SMARTS) is 1. The minimum Gasteiger partial charge on any atom is -0.478 e. The van der Waals surface area contributed by atoms with Crippen molar-refractivity contribution < 1.29 is 19.4 Å². The van der Waals surface area contributed by atoms with E-state index in [2.05, 4.69) is 11.3 Å². The van der Waals surface area contributed by atoms with Crippen molar-refractivity contribution in [2.75, 3.05) is 7.11 Å². The van der Waals surface area contributed by atoms with Crippen molar-refractivity contribution in [3.63, 3.8) is 0 Å². The van der Waals surface area contributed by atoms with E-state index in [9.17, 15) is 9.59 Å². The molecule has 0 saturated heterocycles. The van der Waals surface area contributed by atoms with E-state index in [4.69, 9.17) is 5.11 Å². The minimum atomic E-state index is -1.17. The Bertz CT molecular complexity index is 421. The van der Waals surface area contributed by atoms with Crippen LogP contribution in [-0.2, 0) is 4.74 Å². The molecule has 1 aromatic carbocycles. The lowest BCUT2D eigenvalue weighted by Crippen LogP contribution is -2.11. The number of benzene rings is 1. The van der Waals surface area contributed by atoms with Crippen LogP contribution in [0.3, 0.4) is 0 Å². The molecule has 0 atom stereocenters. The molecule has 0 aliphatic rings. The zero-order valence-electron chi connectivity index (χ0n) is 8.19. The summed E-state index contributed by atoms with van der Waals surface area (Å²) in [5.74, 6) is -1.85. The van der Waals surface area contributed by atoms with Gasteiger partial charge in [0, 0.05) is 0 Å². The quantitative estimate of drug-likeness (QED) is 0.766. The first-order chi connectivity index (χ1) is 7.11. The normalized spacial score (nSPS) is 9.40. The van der Waals surface area contributed by atoms with Crippen molar-refractivity contribution in [1.29, 1.82) is 0 Å². The van der Waals surface area contributed by atoms with Gasteiger partial charge in [0.2, 0.25) is 0 Å². The van der Waals surface area contributed by atoms with E-state index in [0.717, 1.165) is 0 Å². The van der Waals surface area contributed by atoms with Gasteiger partial charge in [0.05, 0.1) is 18.2 Å². The molecule has 0 heterocycles. The van der Waals surface area contributed by atoms with Gasteiger partial charge in [0.25, 0.3) is 0 Å². The summed E-state index contributed by atoms with van der Waals surface area (Å²) >= 11 is 0. The summed E-state index contributed by atoms with van der Waals surface area (Å²) in [4.78, 5) is 22.3. The van der Waals surface area contributed by atoms with E-state index in [0.29, 0.717) is 5.56 Å². The first kappa shape index (κ1) is 11.0. The molecule has 1 aromatic rings. The highest BCUT2D eigenvalue weighted by molar-refractivity contribution is 6.04. The van der Waals surface area contributed by atoms with Gasteiger partial charge >= 0.3 is 11.9 Å². The molecule has 0 unspecified atom stereocenters. The van der Waals surface area contributed by atoms with E-state index in [1.54, 1.807) is 12.1 Å². The highest BCUT2D eigenvalue weighted by Gasteiger charge is 2.19. The molecule has 0 bridgehead atoms. The van der Waals surface area contributed by atoms with E-state index >= 15 is 0 Å². The van der Waals surface area contributed by atoms with E-state index in [1.807, 2.05) is 0 Å². The number of ether oxygens (including phenoxy) is 1. The van der Waals surface area contributed by atoms with Crippen LogP contribution < -0.4 is 0 Å². The fourth-order valence-electron chi connectivity index (χ4n) is 1.25. The summed E-state index contributed by atoms with van der Waals surface area (Å²) in [7, 11) is 1.20. The van der Waals surface area contributed by atoms with Crippen LogP contribution in [0, 0.1) is 0 Å². The number of hydrogen-bond donors (Lipinski definition) is 1. The third-order valence-electron chi connectivity index (χ3n) is 1.94. The van der Waals surface area contributed by atoms with Gasteiger partial charge in [-0.25, -0.2) is 9.59 Å². The van der Waals surface area contributed by atoms with Crippen LogP contribution >= 0.6 is 0 Å². The smallest absolute Gasteiger partial charge is 0.339 e. The maximum absolute atomic E-state index is 11.4. The molecular formula is C11H10O4. The number of esters is 1. The number of carbonyl (C=O) groups excluding carboxylic acids is 1. The number of carbonyl (C=O) groups is 2. The Balaban J connectivity index is 3.46. The van der Waals surface area contributed by atoms with Crippen LogP contribution in [0.15, 0.2) is 24.8 Å². The van der Waals surface area contributed by atoms with Gasteiger partial charge in [-0.05, 0) is 11.6 Å². The second-order valence-electron chi connectivity index (χ2n) is 2.77. The zero-order chi connectivity index (χ0) is 11.4. The summed E-state index contributed by atoms with van der Waals surface area (Å²) in [6.45, 7) is 3.51. The molecule has 0 aromatic heterocycles. The van der Waals surface area contributed by atoms with Crippen LogP contribution in [0.1, 0.15) is 26.3 Å². The van der Waals surface area contributed by atoms with Gasteiger partial charge in [0.15, 0.2) is 0 Å². The summed E-state index contributed by atoms with van der Waals surface area (Å²) < 4.78 is 4.52. The molecule has 1 rings (SSSR count). The second-order valence-corrected chi connectivity index (χ2v) is 2.77. The van der Waals surface area contributed by atoms with Crippen molar-refractivity contribution >= 4 is 18.0 Å². The largest absolute Gasteiger partial charge is 0.478 e. The summed E-state index contributed by atoms with van der Waals surface area (Å²) in [6, 6.07) is 4.50. The average Bonchev–Trinajstić information content (AvgIpc) is 2.26.